The summed E-state index contributed by atoms with van der Waals surface area (Å²) in [5.41, 5.74) is 0. The molecule has 0 radical (unpaired) electrons. The maximum absolute atomic E-state index is 5.63. The van der Waals surface area contributed by atoms with Gasteiger partial charge in [0.05, 0.1) is 6.54 Å². The summed E-state index contributed by atoms with van der Waals surface area (Å²) in [7, 11) is 2.00. The Morgan fingerprint density at radius 3 is 2.74 bits per heavy atom. The molecule has 1 aromatic heterocycles. The zero-order valence-corrected chi connectivity index (χ0v) is 11.4. The second-order valence-electron chi connectivity index (χ2n) is 4.36. The SMILES string of the molecule is CCc1noc(CN(C)CCOc2ccccc2)n1. The van der Waals surface area contributed by atoms with Crippen molar-refractivity contribution in [3.63, 3.8) is 0 Å². The minimum absolute atomic E-state index is 0.634. The van der Waals surface area contributed by atoms with Crippen LogP contribution in [0.1, 0.15) is 18.6 Å². The quantitative estimate of drug-likeness (QED) is 0.764. The van der Waals surface area contributed by atoms with Gasteiger partial charge in [-0.2, -0.15) is 4.98 Å². The summed E-state index contributed by atoms with van der Waals surface area (Å²) in [6.45, 7) is 4.09. The fourth-order valence-corrected chi connectivity index (χ4v) is 1.64. The Balaban J connectivity index is 1.71. The second-order valence-corrected chi connectivity index (χ2v) is 4.36. The van der Waals surface area contributed by atoms with Gasteiger partial charge in [-0.1, -0.05) is 30.3 Å². The molecule has 0 amide bonds. The Labute approximate surface area is 113 Å². The largest absolute Gasteiger partial charge is 0.492 e. The van der Waals surface area contributed by atoms with E-state index in [1.807, 2.05) is 44.3 Å². The number of hydrogen-bond acceptors (Lipinski definition) is 5. The second kappa shape index (κ2) is 6.89. The first kappa shape index (κ1) is 13.5. The molecule has 2 rings (SSSR count). The van der Waals surface area contributed by atoms with Crippen molar-refractivity contribution in [1.82, 2.24) is 15.0 Å². The average Bonchev–Trinajstić information content (AvgIpc) is 2.87. The topological polar surface area (TPSA) is 51.4 Å². The molecule has 0 aliphatic rings. The van der Waals surface area contributed by atoms with E-state index in [0.29, 0.717) is 19.0 Å². The molecule has 0 atom stereocenters. The molecule has 0 fully saturated rings. The normalized spacial score (nSPS) is 10.9. The molecule has 0 unspecified atom stereocenters. The molecule has 2 aromatic rings. The van der Waals surface area contributed by atoms with E-state index in [0.717, 1.165) is 24.5 Å². The Hall–Kier alpha value is -1.88. The number of nitrogens with zero attached hydrogens (tertiary/aromatic N) is 3. The minimum atomic E-state index is 0.634. The smallest absolute Gasteiger partial charge is 0.240 e. The number of hydrogen-bond donors (Lipinski definition) is 0. The molecule has 0 spiro atoms. The van der Waals surface area contributed by atoms with Crippen LogP contribution in [0.2, 0.25) is 0 Å². The van der Waals surface area contributed by atoms with Crippen LogP contribution in [-0.4, -0.2) is 35.2 Å². The predicted molar refractivity (Wildman–Crippen MR) is 71.9 cm³/mol. The van der Waals surface area contributed by atoms with Crippen LogP contribution in [0.4, 0.5) is 0 Å². The average molecular weight is 261 g/mol. The lowest BCUT2D eigenvalue weighted by Gasteiger charge is -2.14. The minimum Gasteiger partial charge on any atom is -0.492 e. The van der Waals surface area contributed by atoms with Crippen molar-refractivity contribution >= 4 is 0 Å². The number of aromatic nitrogens is 2. The summed E-state index contributed by atoms with van der Waals surface area (Å²) in [5, 5.41) is 3.87. The zero-order chi connectivity index (χ0) is 13.5. The molecule has 1 aromatic carbocycles. The Bertz CT molecular complexity index is 484. The highest BCUT2D eigenvalue weighted by Gasteiger charge is 2.07. The summed E-state index contributed by atoms with van der Waals surface area (Å²) >= 11 is 0. The van der Waals surface area contributed by atoms with E-state index >= 15 is 0 Å². The third-order valence-corrected chi connectivity index (χ3v) is 2.72. The van der Waals surface area contributed by atoms with E-state index in [1.165, 1.54) is 0 Å². The van der Waals surface area contributed by atoms with Gasteiger partial charge in [-0.15, -0.1) is 0 Å². The van der Waals surface area contributed by atoms with Gasteiger partial charge in [-0.3, -0.25) is 4.90 Å². The predicted octanol–water partition coefficient (Wildman–Crippen LogP) is 2.14. The highest BCUT2D eigenvalue weighted by atomic mass is 16.5. The van der Waals surface area contributed by atoms with E-state index in [2.05, 4.69) is 15.0 Å². The van der Waals surface area contributed by atoms with Crippen LogP contribution < -0.4 is 4.74 Å². The van der Waals surface area contributed by atoms with Gasteiger partial charge in [0.25, 0.3) is 0 Å². The fourth-order valence-electron chi connectivity index (χ4n) is 1.64. The van der Waals surface area contributed by atoms with Gasteiger partial charge >= 0.3 is 0 Å². The molecule has 5 nitrogen and oxygen atoms in total. The molecule has 0 N–H and O–H groups in total. The van der Waals surface area contributed by atoms with Crippen LogP contribution in [0.5, 0.6) is 5.75 Å². The van der Waals surface area contributed by atoms with Gasteiger partial charge < -0.3 is 9.26 Å². The first-order valence-corrected chi connectivity index (χ1v) is 6.45. The van der Waals surface area contributed by atoms with Gasteiger partial charge in [-0.05, 0) is 19.2 Å². The van der Waals surface area contributed by atoms with Crippen molar-refractivity contribution < 1.29 is 9.26 Å². The van der Waals surface area contributed by atoms with E-state index in [4.69, 9.17) is 9.26 Å². The molecule has 102 valence electrons. The third-order valence-electron chi connectivity index (χ3n) is 2.72. The maximum atomic E-state index is 5.63. The van der Waals surface area contributed by atoms with Crippen LogP contribution in [0.25, 0.3) is 0 Å². The number of rotatable bonds is 7. The Kier molecular flexibility index (Phi) is 4.92. The third kappa shape index (κ3) is 4.37. The number of aryl methyl sites for hydroxylation is 1. The summed E-state index contributed by atoms with van der Waals surface area (Å²) in [4.78, 5) is 6.37. The van der Waals surface area contributed by atoms with E-state index < -0.39 is 0 Å². The molecule has 1 heterocycles. The van der Waals surface area contributed by atoms with Crippen molar-refractivity contribution in [2.24, 2.45) is 0 Å². The van der Waals surface area contributed by atoms with Crippen LogP contribution in [0.3, 0.4) is 0 Å². The first-order valence-electron chi connectivity index (χ1n) is 6.45. The molecule has 5 heteroatoms. The lowest BCUT2D eigenvalue weighted by atomic mass is 10.3. The Morgan fingerprint density at radius 2 is 2.05 bits per heavy atom. The van der Waals surface area contributed by atoms with Crippen LogP contribution in [0, 0.1) is 0 Å². The molecule has 0 saturated heterocycles. The van der Waals surface area contributed by atoms with Crippen molar-refractivity contribution in [3.8, 4) is 5.75 Å². The van der Waals surface area contributed by atoms with Gasteiger partial charge in [0.1, 0.15) is 12.4 Å². The van der Waals surface area contributed by atoms with Gasteiger partial charge in [0.15, 0.2) is 5.82 Å². The highest BCUT2D eigenvalue weighted by Crippen LogP contribution is 2.08. The summed E-state index contributed by atoms with van der Waals surface area (Å²) in [5.74, 6) is 2.30. The lowest BCUT2D eigenvalue weighted by Crippen LogP contribution is -2.24. The molecule has 0 bridgehead atoms. The standard InChI is InChI=1S/C14H19N3O2/c1-3-13-15-14(19-16-13)11-17(2)9-10-18-12-7-5-4-6-8-12/h4-8H,3,9-11H2,1-2H3. The van der Waals surface area contributed by atoms with Crippen molar-refractivity contribution in [2.75, 3.05) is 20.2 Å². The molecule has 0 aliphatic heterocycles. The van der Waals surface area contributed by atoms with E-state index in [9.17, 15) is 0 Å². The number of likely N-dealkylation sites (N-methyl/N-ethyl adjacent to an activating group) is 1. The number of benzene rings is 1. The van der Waals surface area contributed by atoms with Gasteiger partial charge in [0.2, 0.25) is 5.89 Å². The monoisotopic (exact) mass is 261 g/mol. The van der Waals surface area contributed by atoms with Crippen molar-refractivity contribution in [3.05, 3.63) is 42.0 Å². The summed E-state index contributed by atoms with van der Waals surface area (Å²) in [6.07, 6.45) is 0.796. The maximum Gasteiger partial charge on any atom is 0.240 e. The first-order chi connectivity index (χ1) is 9.28. The van der Waals surface area contributed by atoms with Crippen LogP contribution >= 0.6 is 0 Å². The van der Waals surface area contributed by atoms with Gasteiger partial charge in [-0.25, -0.2) is 0 Å². The molecule has 19 heavy (non-hydrogen) atoms. The summed E-state index contributed by atoms with van der Waals surface area (Å²) < 4.78 is 10.8. The van der Waals surface area contributed by atoms with Crippen molar-refractivity contribution in [2.45, 2.75) is 19.9 Å². The van der Waals surface area contributed by atoms with Crippen molar-refractivity contribution in [1.29, 1.82) is 0 Å². The van der Waals surface area contributed by atoms with Crippen LogP contribution in [0.15, 0.2) is 34.9 Å². The molecular formula is C14H19N3O2. The Morgan fingerprint density at radius 1 is 1.26 bits per heavy atom. The van der Waals surface area contributed by atoms with Crippen LogP contribution in [-0.2, 0) is 13.0 Å². The molecular weight excluding hydrogens is 242 g/mol. The summed E-state index contributed by atoms with van der Waals surface area (Å²) in [6, 6.07) is 9.80. The fraction of sp³-hybridized carbons (Fsp3) is 0.429. The molecule has 0 saturated carbocycles. The van der Waals surface area contributed by atoms with E-state index in [-0.39, 0.29) is 0 Å². The number of para-hydroxylation sites is 1. The molecule has 0 aliphatic carbocycles. The van der Waals surface area contributed by atoms with Gasteiger partial charge in [0, 0.05) is 13.0 Å². The van der Waals surface area contributed by atoms with E-state index in [1.54, 1.807) is 0 Å². The highest BCUT2D eigenvalue weighted by molar-refractivity contribution is 5.20. The number of ether oxygens (including phenoxy) is 1. The lowest BCUT2D eigenvalue weighted by molar-refractivity contribution is 0.212. The zero-order valence-electron chi connectivity index (χ0n) is 11.4.